The third kappa shape index (κ3) is 6.66. The van der Waals surface area contributed by atoms with Crippen molar-refractivity contribution in [1.29, 1.82) is 0 Å². The number of carboxylic acid groups (broad SMARTS) is 1. The first-order valence-corrected chi connectivity index (χ1v) is 9.41. The number of rotatable bonds is 10. The number of aliphatic carboxylic acids is 1. The molecule has 1 heterocycles. The monoisotopic (exact) mass is 425 g/mol. The highest BCUT2D eigenvalue weighted by Gasteiger charge is 2.32. The van der Waals surface area contributed by atoms with Crippen LogP contribution in [0, 0.1) is 0 Å². The van der Waals surface area contributed by atoms with Gasteiger partial charge in [-0.3, -0.25) is 14.5 Å². The Bertz CT molecular complexity index is 721. The number of aliphatic hydroxyl groups is 2. The maximum Gasteiger partial charge on any atom is 0.329 e. The van der Waals surface area contributed by atoms with Gasteiger partial charge in [0.1, 0.15) is 17.9 Å². The SMILES string of the molecule is COc1ccc([C@@H](O)[C@H](NC(=O)C(CO)NC(=O)CN2CCOCC2)C(=O)O)cc1. The van der Waals surface area contributed by atoms with Gasteiger partial charge in [0, 0.05) is 13.1 Å². The summed E-state index contributed by atoms with van der Waals surface area (Å²) in [5.74, 6) is -2.37. The zero-order chi connectivity index (χ0) is 22.1. The van der Waals surface area contributed by atoms with Gasteiger partial charge < -0.3 is 35.4 Å². The van der Waals surface area contributed by atoms with E-state index in [1.54, 1.807) is 12.1 Å². The highest BCUT2D eigenvalue weighted by atomic mass is 16.5. The van der Waals surface area contributed by atoms with E-state index >= 15 is 0 Å². The average molecular weight is 425 g/mol. The largest absolute Gasteiger partial charge is 0.497 e. The van der Waals surface area contributed by atoms with Crippen LogP contribution in [0.5, 0.6) is 5.75 Å². The molecule has 1 aromatic rings. The number of morpholine rings is 1. The van der Waals surface area contributed by atoms with Crippen LogP contribution in [0.3, 0.4) is 0 Å². The van der Waals surface area contributed by atoms with Crippen molar-refractivity contribution in [1.82, 2.24) is 15.5 Å². The van der Waals surface area contributed by atoms with E-state index in [0.717, 1.165) is 0 Å². The zero-order valence-corrected chi connectivity index (χ0v) is 16.6. The Morgan fingerprint density at radius 1 is 1.17 bits per heavy atom. The van der Waals surface area contributed by atoms with Crippen LogP contribution in [0.25, 0.3) is 0 Å². The lowest BCUT2D eigenvalue weighted by molar-refractivity contribution is -0.146. The van der Waals surface area contributed by atoms with E-state index in [9.17, 15) is 29.7 Å². The third-order valence-corrected chi connectivity index (χ3v) is 4.64. The number of ether oxygens (including phenoxy) is 2. The predicted molar refractivity (Wildman–Crippen MR) is 104 cm³/mol. The number of carboxylic acids is 1. The Labute approximate surface area is 173 Å². The second-order valence-electron chi connectivity index (χ2n) is 6.73. The fourth-order valence-electron chi connectivity index (χ4n) is 2.92. The van der Waals surface area contributed by atoms with Crippen LogP contribution in [-0.2, 0) is 19.1 Å². The highest BCUT2D eigenvalue weighted by Crippen LogP contribution is 2.20. The van der Waals surface area contributed by atoms with Crippen LogP contribution in [-0.4, -0.2) is 96.7 Å². The standard InChI is InChI=1S/C19H27N3O8/c1-29-13-4-2-12(3-5-13)17(25)16(19(27)28)21-18(26)14(11-23)20-15(24)10-22-6-8-30-9-7-22/h2-5,14,16-17,23,25H,6-11H2,1H3,(H,20,24)(H,21,26)(H,27,28)/t14?,16-,17+/m0/s1. The Kier molecular flexibility index (Phi) is 8.99. The molecule has 0 spiro atoms. The summed E-state index contributed by atoms with van der Waals surface area (Å²) in [6.45, 7) is 1.42. The van der Waals surface area contributed by atoms with Gasteiger partial charge >= 0.3 is 5.97 Å². The summed E-state index contributed by atoms with van der Waals surface area (Å²) in [6.07, 6.45) is -1.55. The minimum atomic E-state index is -1.68. The van der Waals surface area contributed by atoms with E-state index in [1.165, 1.54) is 19.2 Å². The van der Waals surface area contributed by atoms with Crippen LogP contribution in [0.2, 0.25) is 0 Å². The van der Waals surface area contributed by atoms with Gasteiger partial charge in [0.25, 0.3) is 0 Å². The van der Waals surface area contributed by atoms with Crippen molar-refractivity contribution in [3.05, 3.63) is 29.8 Å². The Morgan fingerprint density at radius 3 is 2.33 bits per heavy atom. The van der Waals surface area contributed by atoms with Crippen molar-refractivity contribution >= 4 is 17.8 Å². The number of carbonyl (C=O) groups excluding carboxylic acids is 2. The van der Waals surface area contributed by atoms with Gasteiger partial charge in [-0.05, 0) is 17.7 Å². The molecule has 1 aromatic carbocycles. The maximum atomic E-state index is 12.4. The van der Waals surface area contributed by atoms with Gasteiger partial charge in [0.2, 0.25) is 11.8 Å². The molecule has 0 bridgehead atoms. The lowest BCUT2D eigenvalue weighted by Crippen LogP contribution is -2.56. The number of benzene rings is 1. The third-order valence-electron chi connectivity index (χ3n) is 4.64. The van der Waals surface area contributed by atoms with Crippen LogP contribution in [0.15, 0.2) is 24.3 Å². The predicted octanol–water partition coefficient (Wildman–Crippen LogP) is -1.89. The Balaban J connectivity index is 1.98. The first-order valence-electron chi connectivity index (χ1n) is 9.41. The molecule has 11 heteroatoms. The molecule has 11 nitrogen and oxygen atoms in total. The lowest BCUT2D eigenvalue weighted by Gasteiger charge is -2.27. The number of methoxy groups -OCH3 is 1. The molecule has 3 atom stereocenters. The van der Waals surface area contributed by atoms with E-state index < -0.39 is 42.6 Å². The number of nitrogens with zero attached hydrogens (tertiary/aromatic N) is 1. The first kappa shape index (κ1) is 23.5. The van der Waals surface area contributed by atoms with Crippen LogP contribution in [0.1, 0.15) is 11.7 Å². The average Bonchev–Trinajstić information content (AvgIpc) is 2.75. The Morgan fingerprint density at radius 2 is 1.80 bits per heavy atom. The summed E-state index contributed by atoms with van der Waals surface area (Å²) in [7, 11) is 1.47. The van der Waals surface area contributed by atoms with Crippen molar-refractivity contribution in [3.8, 4) is 5.75 Å². The number of hydrogen-bond acceptors (Lipinski definition) is 8. The van der Waals surface area contributed by atoms with Crippen molar-refractivity contribution in [2.75, 3.05) is 46.6 Å². The summed E-state index contributed by atoms with van der Waals surface area (Å²) in [5, 5.41) is 33.9. The van der Waals surface area contributed by atoms with Gasteiger partial charge in [0.05, 0.1) is 33.5 Å². The maximum absolute atomic E-state index is 12.4. The van der Waals surface area contributed by atoms with Gasteiger partial charge in [-0.2, -0.15) is 0 Å². The minimum absolute atomic E-state index is 0.0178. The van der Waals surface area contributed by atoms with Crippen molar-refractivity contribution in [3.63, 3.8) is 0 Å². The zero-order valence-electron chi connectivity index (χ0n) is 16.6. The second kappa shape index (κ2) is 11.5. The van der Waals surface area contributed by atoms with Crippen molar-refractivity contribution in [2.24, 2.45) is 0 Å². The molecule has 0 aliphatic carbocycles. The van der Waals surface area contributed by atoms with Crippen LogP contribution in [0.4, 0.5) is 0 Å². The number of aliphatic hydroxyl groups excluding tert-OH is 2. The van der Waals surface area contributed by atoms with Crippen LogP contribution >= 0.6 is 0 Å². The van der Waals surface area contributed by atoms with Gasteiger partial charge in [-0.1, -0.05) is 12.1 Å². The molecule has 2 rings (SSSR count). The number of carbonyl (C=O) groups is 3. The molecular weight excluding hydrogens is 398 g/mol. The molecule has 1 saturated heterocycles. The first-order chi connectivity index (χ1) is 14.3. The van der Waals surface area contributed by atoms with E-state index in [1.807, 2.05) is 4.90 Å². The molecule has 5 N–H and O–H groups in total. The van der Waals surface area contributed by atoms with Crippen molar-refractivity contribution in [2.45, 2.75) is 18.2 Å². The van der Waals surface area contributed by atoms with E-state index in [0.29, 0.717) is 32.1 Å². The topological polar surface area (TPSA) is 158 Å². The molecule has 1 fully saturated rings. The molecule has 0 aromatic heterocycles. The molecule has 1 unspecified atom stereocenters. The molecular formula is C19H27N3O8. The normalized spacial score (nSPS) is 17.4. The molecule has 0 saturated carbocycles. The van der Waals surface area contributed by atoms with E-state index in [-0.39, 0.29) is 12.1 Å². The van der Waals surface area contributed by atoms with Crippen LogP contribution < -0.4 is 15.4 Å². The summed E-state index contributed by atoms with van der Waals surface area (Å²) in [5.41, 5.74) is 0.250. The van der Waals surface area contributed by atoms with Gasteiger partial charge in [0.15, 0.2) is 6.04 Å². The summed E-state index contributed by atoms with van der Waals surface area (Å²) < 4.78 is 10.2. The summed E-state index contributed by atoms with van der Waals surface area (Å²) in [4.78, 5) is 38.0. The number of hydrogen-bond donors (Lipinski definition) is 5. The fraction of sp³-hybridized carbons (Fsp3) is 0.526. The second-order valence-corrected chi connectivity index (χ2v) is 6.73. The van der Waals surface area contributed by atoms with E-state index in [2.05, 4.69) is 10.6 Å². The summed E-state index contributed by atoms with van der Waals surface area (Å²) in [6, 6.07) is 2.99. The number of nitrogens with one attached hydrogen (secondary N) is 2. The lowest BCUT2D eigenvalue weighted by atomic mass is 10.0. The molecule has 1 aliphatic heterocycles. The van der Waals surface area contributed by atoms with Crippen molar-refractivity contribution < 1.29 is 39.2 Å². The van der Waals surface area contributed by atoms with Gasteiger partial charge in [-0.25, -0.2) is 4.79 Å². The number of amides is 2. The minimum Gasteiger partial charge on any atom is -0.497 e. The van der Waals surface area contributed by atoms with E-state index in [4.69, 9.17) is 9.47 Å². The molecule has 0 radical (unpaired) electrons. The smallest absolute Gasteiger partial charge is 0.329 e. The summed E-state index contributed by atoms with van der Waals surface area (Å²) >= 11 is 0. The molecule has 1 aliphatic rings. The van der Waals surface area contributed by atoms with Gasteiger partial charge in [-0.15, -0.1) is 0 Å². The molecule has 166 valence electrons. The molecule has 2 amide bonds. The quantitative estimate of drug-likeness (QED) is 0.289. The molecule has 30 heavy (non-hydrogen) atoms. The highest BCUT2D eigenvalue weighted by molar-refractivity contribution is 5.91. The Hall–Kier alpha value is -2.73. The fourth-order valence-corrected chi connectivity index (χ4v) is 2.92.